The number of fused-ring (bicyclic) bond motifs is 1. The third kappa shape index (κ3) is 5.05. The van der Waals surface area contributed by atoms with Crippen LogP contribution in [0.5, 0.6) is 11.5 Å². The van der Waals surface area contributed by atoms with E-state index in [0.717, 1.165) is 16.5 Å². The molecule has 0 fully saturated rings. The summed E-state index contributed by atoms with van der Waals surface area (Å²) in [5.74, 6) is 0.110. The van der Waals surface area contributed by atoms with Crippen LogP contribution in [0.4, 0.5) is 11.4 Å². The van der Waals surface area contributed by atoms with Crippen molar-refractivity contribution in [1.29, 1.82) is 0 Å². The Bertz CT molecular complexity index is 1360. The number of methoxy groups -OCH3 is 2. The van der Waals surface area contributed by atoms with E-state index in [9.17, 15) is 9.59 Å². The average Bonchev–Trinajstić information content (AvgIpc) is 2.88. The number of hydrogen-bond acceptors (Lipinski definition) is 5. The van der Waals surface area contributed by atoms with Crippen molar-refractivity contribution in [2.75, 3.05) is 24.9 Å². The molecular weight excluding hydrogens is 430 g/mol. The van der Waals surface area contributed by atoms with Crippen LogP contribution in [0.2, 0.25) is 0 Å². The van der Waals surface area contributed by atoms with Crippen molar-refractivity contribution in [2.45, 2.75) is 0 Å². The van der Waals surface area contributed by atoms with Crippen LogP contribution in [-0.4, -0.2) is 31.0 Å². The smallest absolute Gasteiger partial charge is 0.255 e. The molecular formula is C27H23N3O4. The Kier molecular flexibility index (Phi) is 6.84. The SMILES string of the molecule is COc1cc(NC(=O)c2ccccc2)c(OC)cc1NC(=O)C=Cc1cccc2cccnc12. The number of pyridine rings is 1. The van der Waals surface area contributed by atoms with Crippen LogP contribution in [-0.2, 0) is 4.79 Å². The Hall–Kier alpha value is -4.65. The largest absolute Gasteiger partial charge is 0.494 e. The second-order valence-electron chi connectivity index (χ2n) is 7.32. The van der Waals surface area contributed by atoms with Gasteiger partial charge in [-0.2, -0.15) is 0 Å². The van der Waals surface area contributed by atoms with E-state index < -0.39 is 0 Å². The van der Waals surface area contributed by atoms with Crippen LogP contribution >= 0.6 is 0 Å². The lowest BCUT2D eigenvalue weighted by Gasteiger charge is -2.16. The van der Waals surface area contributed by atoms with Crippen LogP contribution in [0.25, 0.3) is 17.0 Å². The maximum atomic E-state index is 12.7. The number of carbonyl (C=O) groups is 2. The third-order valence-corrected chi connectivity index (χ3v) is 5.14. The molecule has 0 atom stereocenters. The summed E-state index contributed by atoms with van der Waals surface area (Å²) in [7, 11) is 2.97. The molecule has 4 rings (SSSR count). The van der Waals surface area contributed by atoms with E-state index in [4.69, 9.17) is 9.47 Å². The molecule has 0 saturated carbocycles. The van der Waals surface area contributed by atoms with Crippen molar-refractivity contribution < 1.29 is 19.1 Å². The summed E-state index contributed by atoms with van der Waals surface area (Å²) in [4.78, 5) is 29.6. The molecule has 0 aliphatic rings. The van der Waals surface area contributed by atoms with Gasteiger partial charge in [-0.15, -0.1) is 0 Å². The maximum Gasteiger partial charge on any atom is 0.255 e. The number of nitrogens with zero attached hydrogens (tertiary/aromatic N) is 1. The highest BCUT2D eigenvalue weighted by Crippen LogP contribution is 2.36. The highest BCUT2D eigenvalue weighted by molar-refractivity contribution is 6.07. The first-order valence-corrected chi connectivity index (χ1v) is 10.5. The van der Waals surface area contributed by atoms with Crippen molar-refractivity contribution >= 4 is 40.2 Å². The zero-order chi connectivity index (χ0) is 23.9. The van der Waals surface area contributed by atoms with Gasteiger partial charge in [-0.1, -0.05) is 42.5 Å². The van der Waals surface area contributed by atoms with Crippen LogP contribution < -0.4 is 20.1 Å². The number of aromatic nitrogens is 1. The van der Waals surface area contributed by atoms with Gasteiger partial charge >= 0.3 is 0 Å². The number of para-hydroxylation sites is 1. The standard InChI is InChI=1S/C27H23N3O4/c1-33-23-17-22(30-27(32)20-8-4-3-5-9-20)24(34-2)16-21(23)29-25(31)14-13-19-11-6-10-18-12-7-15-28-26(18)19/h3-17H,1-2H3,(H,29,31)(H,30,32). The van der Waals surface area contributed by atoms with Crippen LogP contribution in [0.1, 0.15) is 15.9 Å². The lowest BCUT2D eigenvalue weighted by Crippen LogP contribution is -2.14. The Labute approximate surface area is 197 Å². The Balaban J connectivity index is 1.55. The minimum atomic E-state index is -0.352. The molecule has 1 heterocycles. The molecule has 4 aromatic rings. The molecule has 0 aliphatic carbocycles. The molecule has 2 N–H and O–H groups in total. The van der Waals surface area contributed by atoms with Crippen LogP contribution in [0.3, 0.4) is 0 Å². The first-order valence-electron chi connectivity index (χ1n) is 10.5. The number of nitrogens with one attached hydrogen (secondary N) is 2. The lowest BCUT2D eigenvalue weighted by molar-refractivity contribution is -0.111. The van der Waals surface area contributed by atoms with E-state index in [1.54, 1.807) is 48.7 Å². The van der Waals surface area contributed by atoms with Gasteiger partial charge in [0, 0.05) is 40.9 Å². The van der Waals surface area contributed by atoms with Crippen LogP contribution in [0.15, 0.2) is 85.1 Å². The second kappa shape index (κ2) is 10.3. The molecule has 0 spiro atoms. The minimum Gasteiger partial charge on any atom is -0.494 e. The number of hydrogen-bond donors (Lipinski definition) is 2. The predicted octanol–water partition coefficient (Wildman–Crippen LogP) is 5.16. The fourth-order valence-electron chi connectivity index (χ4n) is 3.48. The number of rotatable bonds is 7. The fourth-order valence-corrected chi connectivity index (χ4v) is 3.48. The molecule has 3 aromatic carbocycles. The summed E-state index contributed by atoms with van der Waals surface area (Å²) in [5, 5.41) is 6.61. The normalized spacial score (nSPS) is 10.8. The van der Waals surface area contributed by atoms with Crippen molar-refractivity contribution in [3.63, 3.8) is 0 Å². The van der Waals surface area contributed by atoms with E-state index >= 15 is 0 Å². The molecule has 0 aliphatic heterocycles. The number of ether oxygens (including phenoxy) is 2. The molecule has 0 bridgehead atoms. The zero-order valence-corrected chi connectivity index (χ0v) is 18.7. The monoisotopic (exact) mass is 453 g/mol. The van der Waals surface area contributed by atoms with E-state index in [1.165, 1.54) is 20.3 Å². The average molecular weight is 453 g/mol. The molecule has 0 saturated heterocycles. The molecule has 0 unspecified atom stereocenters. The highest BCUT2D eigenvalue weighted by Gasteiger charge is 2.15. The summed E-state index contributed by atoms with van der Waals surface area (Å²) in [6.07, 6.45) is 4.86. The highest BCUT2D eigenvalue weighted by atomic mass is 16.5. The first kappa shape index (κ1) is 22.5. The third-order valence-electron chi connectivity index (χ3n) is 5.14. The minimum absolute atomic E-state index is 0.288. The molecule has 34 heavy (non-hydrogen) atoms. The van der Waals surface area contributed by atoms with Crippen molar-refractivity contribution in [2.24, 2.45) is 0 Å². The van der Waals surface area contributed by atoms with Gasteiger partial charge in [-0.05, 0) is 24.3 Å². The maximum absolute atomic E-state index is 12.7. The van der Waals surface area contributed by atoms with E-state index in [1.807, 2.05) is 36.4 Å². The Morgan fingerprint density at radius 3 is 2.21 bits per heavy atom. The van der Waals surface area contributed by atoms with E-state index in [-0.39, 0.29) is 11.8 Å². The number of benzene rings is 3. The molecule has 1 aromatic heterocycles. The molecule has 0 radical (unpaired) electrons. The Morgan fingerprint density at radius 1 is 0.824 bits per heavy atom. The van der Waals surface area contributed by atoms with E-state index in [0.29, 0.717) is 28.4 Å². The van der Waals surface area contributed by atoms with Gasteiger partial charge in [-0.3, -0.25) is 14.6 Å². The van der Waals surface area contributed by atoms with Gasteiger partial charge in [0.1, 0.15) is 11.5 Å². The van der Waals surface area contributed by atoms with Gasteiger partial charge in [0.2, 0.25) is 5.91 Å². The second-order valence-corrected chi connectivity index (χ2v) is 7.32. The van der Waals surface area contributed by atoms with Gasteiger partial charge in [0.25, 0.3) is 5.91 Å². The van der Waals surface area contributed by atoms with E-state index in [2.05, 4.69) is 15.6 Å². The molecule has 7 heteroatoms. The summed E-state index contributed by atoms with van der Waals surface area (Å²) < 4.78 is 10.9. The quantitative estimate of drug-likeness (QED) is 0.378. The zero-order valence-electron chi connectivity index (χ0n) is 18.7. The van der Waals surface area contributed by atoms with Gasteiger partial charge in [0.05, 0.1) is 31.1 Å². The van der Waals surface area contributed by atoms with Crippen molar-refractivity contribution in [1.82, 2.24) is 4.98 Å². The number of anilines is 2. The van der Waals surface area contributed by atoms with Crippen LogP contribution in [0, 0.1) is 0 Å². The molecule has 7 nitrogen and oxygen atoms in total. The van der Waals surface area contributed by atoms with Crippen molar-refractivity contribution in [3.05, 3.63) is 96.2 Å². The van der Waals surface area contributed by atoms with Gasteiger partial charge in [-0.25, -0.2) is 0 Å². The Morgan fingerprint density at radius 2 is 1.50 bits per heavy atom. The molecule has 2 amide bonds. The number of carbonyl (C=O) groups excluding carboxylic acids is 2. The topological polar surface area (TPSA) is 89.5 Å². The summed E-state index contributed by atoms with van der Waals surface area (Å²) >= 11 is 0. The predicted molar refractivity (Wildman–Crippen MR) is 133 cm³/mol. The first-order chi connectivity index (χ1) is 16.6. The summed E-state index contributed by atoms with van der Waals surface area (Å²) in [5.41, 5.74) is 2.98. The number of amides is 2. The fraction of sp³-hybridized carbons (Fsp3) is 0.0741. The summed E-state index contributed by atoms with van der Waals surface area (Å²) in [6.45, 7) is 0. The van der Waals surface area contributed by atoms with Crippen molar-refractivity contribution in [3.8, 4) is 11.5 Å². The van der Waals surface area contributed by atoms with Gasteiger partial charge in [0.15, 0.2) is 0 Å². The lowest BCUT2D eigenvalue weighted by atomic mass is 10.1. The molecule has 170 valence electrons. The van der Waals surface area contributed by atoms with Gasteiger partial charge < -0.3 is 20.1 Å². The summed E-state index contributed by atoms with van der Waals surface area (Å²) in [6, 6.07) is 21.7.